The second-order valence-corrected chi connectivity index (χ2v) is 13.5. The standard InChI is InChI=1S/C40H37N3O9S/c1-25(44)49-32-22-21-27(23-33(32)50-26(2)45)35(37(48)51-39(3,4)5)52-43-34(36(46)47)31-24-53-38(41-31)42-40(28-15-9-6-10-16-28,29-17-11-7-12-18-29)30-19-13-8-14-20-30/h6-24,35H,1-5H3,(H,41,42)(H,46,47). The van der Waals surface area contributed by atoms with Gasteiger partial charge in [0.2, 0.25) is 11.8 Å². The van der Waals surface area contributed by atoms with E-state index >= 15 is 0 Å². The summed E-state index contributed by atoms with van der Waals surface area (Å²) in [5, 5.41) is 19.7. The molecule has 0 aliphatic heterocycles. The van der Waals surface area contributed by atoms with Crippen LogP contribution in [0.25, 0.3) is 0 Å². The van der Waals surface area contributed by atoms with Gasteiger partial charge in [0.25, 0.3) is 0 Å². The monoisotopic (exact) mass is 735 g/mol. The topological polar surface area (TPSA) is 163 Å². The van der Waals surface area contributed by atoms with Gasteiger partial charge in [0.1, 0.15) is 16.8 Å². The van der Waals surface area contributed by atoms with Crippen LogP contribution >= 0.6 is 11.3 Å². The van der Waals surface area contributed by atoms with E-state index in [1.54, 1.807) is 20.8 Å². The molecule has 5 rings (SSSR count). The van der Waals surface area contributed by atoms with E-state index in [4.69, 9.17) is 19.0 Å². The third-order valence-corrected chi connectivity index (χ3v) is 8.27. The lowest BCUT2D eigenvalue weighted by molar-refractivity contribution is -0.169. The summed E-state index contributed by atoms with van der Waals surface area (Å²) < 4.78 is 15.9. The van der Waals surface area contributed by atoms with E-state index in [0.29, 0.717) is 5.13 Å². The summed E-state index contributed by atoms with van der Waals surface area (Å²) in [6.07, 6.45) is -1.64. The number of benzene rings is 4. The van der Waals surface area contributed by atoms with Gasteiger partial charge in [-0.1, -0.05) is 102 Å². The molecule has 0 fully saturated rings. The second-order valence-electron chi connectivity index (χ2n) is 12.7. The minimum absolute atomic E-state index is 0.0400. The van der Waals surface area contributed by atoms with Crippen LogP contribution in [0.5, 0.6) is 11.5 Å². The number of carbonyl (C=O) groups is 4. The molecule has 0 amide bonds. The molecule has 4 aromatic carbocycles. The average Bonchev–Trinajstić information content (AvgIpc) is 3.57. The number of ether oxygens (including phenoxy) is 3. The van der Waals surface area contributed by atoms with Crippen molar-refractivity contribution in [2.75, 3.05) is 5.32 Å². The van der Waals surface area contributed by atoms with Crippen LogP contribution in [0, 0.1) is 0 Å². The van der Waals surface area contributed by atoms with Gasteiger partial charge in [-0.25, -0.2) is 14.6 Å². The second kappa shape index (κ2) is 16.3. The molecule has 0 spiro atoms. The number of aliphatic carboxylic acids is 1. The number of nitrogens with one attached hydrogen (secondary N) is 1. The molecule has 12 nitrogen and oxygen atoms in total. The number of oxime groups is 1. The van der Waals surface area contributed by atoms with Crippen molar-refractivity contribution in [3.05, 3.63) is 143 Å². The van der Waals surface area contributed by atoms with E-state index < -0.39 is 46.8 Å². The molecule has 2 N–H and O–H groups in total. The summed E-state index contributed by atoms with van der Waals surface area (Å²) in [4.78, 5) is 59.9. The van der Waals surface area contributed by atoms with Crippen molar-refractivity contribution in [1.82, 2.24) is 4.98 Å². The first-order chi connectivity index (χ1) is 25.3. The van der Waals surface area contributed by atoms with Gasteiger partial charge in [-0.3, -0.25) is 9.59 Å². The molecule has 1 heterocycles. The van der Waals surface area contributed by atoms with Crippen LogP contribution in [0.15, 0.2) is 120 Å². The molecule has 1 aromatic heterocycles. The lowest BCUT2D eigenvalue weighted by Gasteiger charge is -2.36. The molecule has 1 unspecified atom stereocenters. The lowest BCUT2D eigenvalue weighted by atomic mass is 9.77. The average molecular weight is 736 g/mol. The van der Waals surface area contributed by atoms with Gasteiger partial charge in [-0.05, 0) is 49.6 Å². The molecular weight excluding hydrogens is 699 g/mol. The van der Waals surface area contributed by atoms with Gasteiger partial charge in [0.05, 0.1) is 0 Å². The summed E-state index contributed by atoms with van der Waals surface area (Å²) in [5.41, 5.74) is 0.278. The van der Waals surface area contributed by atoms with Crippen molar-refractivity contribution in [1.29, 1.82) is 0 Å². The minimum Gasteiger partial charge on any atom is -0.476 e. The Labute approximate surface area is 310 Å². The fourth-order valence-electron chi connectivity index (χ4n) is 5.44. The lowest BCUT2D eigenvalue weighted by Crippen LogP contribution is -2.38. The molecular formula is C40H37N3O9S. The fraction of sp³-hybridized carbons (Fsp3) is 0.200. The molecule has 13 heteroatoms. The quantitative estimate of drug-likeness (QED) is 0.0411. The Hall–Kier alpha value is -6.34. The Morgan fingerprint density at radius 3 is 1.74 bits per heavy atom. The number of rotatable bonds is 13. The molecule has 0 aliphatic rings. The van der Waals surface area contributed by atoms with E-state index in [2.05, 4.69) is 15.5 Å². The molecule has 0 saturated carbocycles. The Morgan fingerprint density at radius 1 is 0.755 bits per heavy atom. The molecule has 53 heavy (non-hydrogen) atoms. The van der Waals surface area contributed by atoms with E-state index in [1.165, 1.54) is 30.5 Å². The largest absolute Gasteiger partial charge is 0.476 e. The number of nitrogens with zero attached hydrogens (tertiary/aromatic N) is 2. The summed E-state index contributed by atoms with van der Waals surface area (Å²) in [5.74, 6) is -4.06. The minimum atomic E-state index is -1.64. The maximum Gasteiger partial charge on any atom is 0.360 e. The molecule has 1 atom stereocenters. The predicted octanol–water partition coefficient (Wildman–Crippen LogP) is 7.29. The number of hydrogen-bond acceptors (Lipinski definition) is 12. The zero-order valence-electron chi connectivity index (χ0n) is 29.6. The highest BCUT2D eigenvalue weighted by Crippen LogP contribution is 2.41. The van der Waals surface area contributed by atoms with Crippen molar-refractivity contribution in [3.8, 4) is 11.5 Å². The van der Waals surface area contributed by atoms with Crippen LogP contribution in [0.3, 0.4) is 0 Å². The first-order valence-corrected chi connectivity index (χ1v) is 17.3. The zero-order chi connectivity index (χ0) is 38.2. The highest BCUT2D eigenvalue weighted by atomic mass is 32.1. The van der Waals surface area contributed by atoms with Gasteiger partial charge in [-0.2, -0.15) is 0 Å². The van der Waals surface area contributed by atoms with Crippen LogP contribution in [0.4, 0.5) is 5.13 Å². The molecule has 0 aliphatic carbocycles. The summed E-state index contributed by atoms with van der Waals surface area (Å²) >= 11 is 1.16. The Bertz CT molecular complexity index is 2020. The molecule has 272 valence electrons. The van der Waals surface area contributed by atoms with Crippen molar-refractivity contribution >= 4 is 46.1 Å². The van der Waals surface area contributed by atoms with E-state index in [-0.39, 0.29) is 22.8 Å². The maximum absolute atomic E-state index is 13.5. The zero-order valence-corrected chi connectivity index (χ0v) is 30.4. The smallest absolute Gasteiger partial charge is 0.360 e. The number of anilines is 1. The summed E-state index contributed by atoms with van der Waals surface area (Å²) in [7, 11) is 0. The van der Waals surface area contributed by atoms with Gasteiger partial charge < -0.3 is 29.5 Å². The molecule has 0 bridgehead atoms. The molecule has 5 aromatic rings. The molecule has 0 saturated heterocycles. The number of thiazole rings is 1. The first kappa shape index (κ1) is 37.9. The van der Waals surface area contributed by atoms with Crippen LogP contribution in [-0.4, -0.2) is 45.3 Å². The van der Waals surface area contributed by atoms with Crippen LogP contribution in [0.1, 0.15) is 68.7 Å². The Morgan fingerprint density at radius 2 is 1.26 bits per heavy atom. The van der Waals surface area contributed by atoms with Gasteiger partial charge >= 0.3 is 23.9 Å². The van der Waals surface area contributed by atoms with Crippen molar-refractivity contribution < 1.29 is 43.3 Å². The highest BCUT2D eigenvalue weighted by Gasteiger charge is 2.37. The van der Waals surface area contributed by atoms with Gasteiger partial charge in [0, 0.05) is 24.8 Å². The number of esters is 3. The normalized spacial score (nSPS) is 12.3. The van der Waals surface area contributed by atoms with Crippen LogP contribution in [0.2, 0.25) is 0 Å². The van der Waals surface area contributed by atoms with Crippen molar-refractivity contribution in [3.63, 3.8) is 0 Å². The van der Waals surface area contributed by atoms with E-state index in [1.807, 2.05) is 91.0 Å². The molecule has 0 radical (unpaired) electrons. The summed E-state index contributed by atoms with van der Waals surface area (Å²) in [6.45, 7) is 7.26. The predicted molar refractivity (Wildman–Crippen MR) is 198 cm³/mol. The summed E-state index contributed by atoms with van der Waals surface area (Å²) in [6, 6.07) is 33.4. The highest BCUT2D eigenvalue weighted by molar-refractivity contribution is 7.14. The SMILES string of the molecule is CC(=O)Oc1ccc(C(ON=C(C(=O)O)c2csc(NC(c3ccccc3)(c3ccccc3)c3ccccc3)n2)C(=O)OC(C)(C)C)cc1OC(C)=O. The number of carboxylic acids is 1. The number of carboxylic acid groups (broad SMARTS) is 1. The number of aromatic nitrogens is 1. The fourth-order valence-corrected chi connectivity index (χ4v) is 6.19. The van der Waals surface area contributed by atoms with Crippen LogP contribution in [-0.2, 0) is 34.3 Å². The Balaban J connectivity index is 1.55. The number of carbonyl (C=O) groups excluding carboxylic acids is 3. The third-order valence-electron chi connectivity index (χ3n) is 7.51. The van der Waals surface area contributed by atoms with Crippen molar-refractivity contribution in [2.45, 2.75) is 51.9 Å². The number of hydrogen-bond donors (Lipinski definition) is 2. The maximum atomic E-state index is 13.5. The first-order valence-electron chi connectivity index (χ1n) is 16.4. The third kappa shape index (κ3) is 9.32. The van der Waals surface area contributed by atoms with Gasteiger partial charge in [-0.15, -0.1) is 11.3 Å². The Kier molecular flexibility index (Phi) is 11.7. The van der Waals surface area contributed by atoms with Crippen LogP contribution < -0.4 is 14.8 Å². The van der Waals surface area contributed by atoms with Gasteiger partial charge in [0.15, 0.2) is 16.6 Å². The van der Waals surface area contributed by atoms with E-state index in [9.17, 15) is 24.3 Å². The van der Waals surface area contributed by atoms with Crippen molar-refractivity contribution in [2.24, 2.45) is 5.16 Å². The van der Waals surface area contributed by atoms with E-state index in [0.717, 1.165) is 35.0 Å².